The highest BCUT2D eigenvalue weighted by molar-refractivity contribution is 5.82. The Morgan fingerprint density at radius 3 is 2.42 bits per heavy atom. The summed E-state index contributed by atoms with van der Waals surface area (Å²) in [6, 6.07) is 17.0. The maximum atomic E-state index is 12.8. The lowest BCUT2D eigenvalue weighted by Gasteiger charge is -2.08. The molecule has 5 rings (SSSR count). The van der Waals surface area contributed by atoms with Crippen LogP contribution in [0.5, 0.6) is 11.5 Å². The minimum absolute atomic E-state index is 0.0210. The fourth-order valence-electron chi connectivity index (χ4n) is 3.69. The molecule has 0 radical (unpaired) electrons. The summed E-state index contributed by atoms with van der Waals surface area (Å²) in [4.78, 5) is 20.7. The molecule has 3 heterocycles. The zero-order valence-electron chi connectivity index (χ0n) is 17.3. The number of H-pyrrole nitrogens is 1. The van der Waals surface area contributed by atoms with Crippen LogP contribution in [0.25, 0.3) is 39.2 Å². The Kier molecular flexibility index (Phi) is 4.43. The van der Waals surface area contributed by atoms with E-state index in [-0.39, 0.29) is 5.43 Å². The van der Waals surface area contributed by atoms with E-state index >= 15 is 0 Å². The number of para-hydroxylation sites is 1. The minimum Gasteiger partial charge on any atom is -0.497 e. The van der Waals surface area contributed by atoms with E-state index in [4.69, 9.17) is 9.47 Å². The molecule has 3 aromatic heterocycles. The van der Waals surface area contributed by atoms with E-state index in [1.54, 1.807) is 25.7 Å². The third kappa shape index (κ3) is 3.20. The van der Waals surface area contributed by atoms with Gasteiger partial charge in [0, 0.05) is 34.3 Å². The van der Waals surface area contributed by atoms with Crippen molar-refractivity contribution in [3.63, 3.8) is 0 Å². The van der Waals surface area contributed by atoms with Crippen LogP contribution in [0.3, 0.4) is 0 Å². The highest BCUT2D eigenvalue weighted by atomic mass is 16.5. The smallest absolute Gasteiger partial charge is 0.198 e. The molecule has 0 spiro atoms. The zero-order chi connectivity index (χ0) is 21.5. The molecule has 0 saturated heterocycles. The van der Waals surface area contributed by atoms with Crippen LogP contribution in [0.1, 0.15) is 5.56 Å². The molecule has 0 fully saturated rings. The number of ether oxygens (including phenoxy) is 2. The maximum Gasteiger partial charge on any atom is 0.198 e. The van der Waals surface area contributed by atoms with Crippen LogP contribution in [0, 0.1) is 6.92 Å². The lowest BCUT2D eigenvalue weighted by atomic mass is 10.1. The monoisotopic (exact) mass is 412 g/mol. The van der Waals surface area contributed by atoms with Crippen LogP contribution < -0.4 is 14.9 Å². The fourth-order valence-corrected chi connectivity index (χ4v) is 3.69. The first kappa shape index (κ1) is 18.9. The van der Waals surface area contributed by atoms with Crippen LogP contribution in [0.4, 0.5) is 0 Å². The topological polar surface area (TPSA) is 81.5 Å². The van der Waals surface area contributed by atoms with Crippen molar-refractivity contribution in [1.82, 2.24) is 19.6 Å². The zero-order valence-corrected chi connectivity index (χ0v) is 17.3. The van der Waals surface area contributed by atoms with Crippen molar-refractivity contribution in [2.24, 2.45) is 0 Å². The number of aromatic amines is 1. The summed E-state index contributed by atoms with van der Waals surface area (Å²) >= 11 is 0. The van der Waals surface area contributed by atoms with Crippen LogP contribution in [-0.2, 0) is 0 Å². The second-order valence-electron chi connectivity index (χ2n) is 7.26. The van der Waals surface area contributed by atoms with Crippen LogP contribution >= 0.6 is 0 Å². The molecular weight excluding hydrogens is 392 g/mol. The Bertz CT molecular complexity index is 1480. The molecule has 0 saturated carbocycles. The SMILES string of the molecule is COc1cc(OC)cc(-c2ccc3nc(-c4[nH]c5ccccc5c(=O)c4C)nn3c2)c1. The van der Waals surface area contributed by atoms with Gasteiger partial charge in [-0.3, -0.25) is 4.79 Å². The van der Waals surface area contributed by atoms with Gasteiger partial charge in [0.05, 0.1) is 19.9 Å². The standard InChI is InChI=1S/C24H20N4O3/c1-14-22(25-20-7-5-4-6-19(20)23(14)29)24-26-21-9-8-15(13-28(21)27-24)16-10-17(30-2)12-18(11-16)31-3/h4-13H,1-3H3,(H,25,29). The second-order valence-corrected chi connectivity index (χ2v) is 7.26. The van der Waals surface area contributed by atoms with Crippen molar-refractivity contribution in [3.05, 3.63) is 76.6 Å². The number of hydrogen-bond acceptors (Lipinski definition) is 5. The van der Waals surface area contributed by atoms with Crippen molar-refractivity contribution in [3.8, 4) is 34.1 Å². The average Bonchev–Trinajstić information content (AvgIpc) is 3.24. The largest absolute Gasteiger partial charge is 0.497 e. The van der Waals surface area contributed by atoms with Crippen LogP contribution in [0.15, 0.2) is 65.6 Å². The van der Waals surface area contributed by atoms with Gasteiger partial charge >= 0.3 is 0 Å². The van der Waals surface area contributed by atoms with E-state index < -0.39 is 0 Å². The highest BCUT2D eigenvalue weighted by Crippen LogP contribution is 2.30. The van der Waals surface area contributed by atoms with Crippen molar-refractivity contribution in [1.29, 1.82) is 0 Å². The number of methoxy groups -OCH3 is 2. The Morgan fingerprint density at radius 2 is 1.68 bits per heavy atom. The van der Waals surface area contributed by atoms with Crippen molar-refractivity contribution in [2.75, 3.05) is 14.2 Å². The number of pyridine rings is 2. The Balaban J connectivity index is 1.64. The van der Waals surface area contributed by atoms with Crippen molar-refractivity contribution < 1.29 is 9.47 Å². The Hall–Kier alpha value is -4.13. The predicted octanol–water partition coefficient (Wildman–Crippen LogP) is 4.23. The van der Waals surface area contributed by atoms with Crippen LogP contribution in [-0.4, -0.2) is 33.8 Å². The molecule has 0 aliphatic heterocycles. The molecule has 7 nitrogen and oxygen atoms in total. The average molecular weight is 412 g/mol. The fraction of sp³-hybridized carbons (Fsp3) is 0.125. The summed E-state index contributed by atoms with van der Waals surface area (Å²) in [6.45, 7) is 1.79. The third-order valence-electron chi connectivity index (χ3n) is 5.39. The molecule has 0 amide bonds. The molecule has 31 heavy (non-hydrogen) atoms. The molecule has 0 unspecified atom stereocenters. The number of nitrogens with zero attached hydrogens (tertiary/aromatic N) is 3. The van der Waals surface area contributed by atoms with Gasteiger partial charge in [-0.05, 0) is 48.9 Å². The second kappa shape index (κ2) is 7.28. The van der Waals surface area contributed by atoms with Gasteiger partial charge in [-0.1, -0.05) is 12.1 Å². The normalized spacial score (nSPS) is 11.2. The first-order chi connectivity index (χ1) is 15.1. The molecule has 1 N–H and O–H groups in total. The maximum absolute atomic E-state index is 12.8. The van der Waals surface area contributed by atoms with E-state index in [9.17, 15) is 4.79 Å². The highest BCUT2D eigenvalue weighted by Gasteiger charge is 2.15. The summed E-state index contributed by atoms with van der Waals surface area (Å²) < 4.78 is 12.5. The molecular formula is C24H20N4O3. The van der Waals surface area contributed by atoms with Crippen LogP contribution in [0.2, 0.25) is 0 Å². The van der Waals surface area contributed by atoms with Gasteiger partial charge in [-0.25, -0.2) is 9.50 Å². The van der Waals surface area contributed by atoms with E-state index in [2.05, 4.69) is 15.1 Å². The van der Waals surface area contributed by atoms with Gasteiger partial charge < -0.3 is 14.5 Å². The molecule has 0 bridgehead atoms. The van der Waals surface area contributed by atoms with Gasteiger partial charge in [0.25, 0.3) is 0 Å². The summed E-state index contributed by atoms with van der Waals surface area (Å²) in [6.07, 6.45) is 1.90. The number of fused-ring (bicyclic) bond motifs is 2. The van der Waals surface area contributed by atoms with Gasteiger partial charge in [0.2, 0.25) is 0 Å². The van der Waals surface area contributed by atoms with Crippen molar-refractivity contribution in [2.45, 2.75) is 6.92 Å². The third-order valence-corrected chi connectivity index (χ3v) is 5.39. The van der Waals surface area contributed by atoms with E-state index in [1.165, 1.54) is 0 Å². The molecule has 0 atom stereocenters. The van der Waals surface area contributed by atoms with E-state index in [0.29, 0.717) is 39.6 Å². The lowest BCUT2D eigenvalue weighted by Crippen LogP contribution is -2.09. The minimum atomic E-state index is -0.0210. The predicted molar refractivity (Wildman–Crippen MR) is 120 cm³/mol. The molecule has 0 aliphatic rings. The molecule has 0 aliphatic carbocycles. The molecule has 7 heteroatoms. The van der Waals surface area contributed by atoms with E-state index in [1.807, 2.05) is 60.8 Å². The first-order valence-corrected chi connectivity index (χ1v) is 9.79. The number of rotatable bonds is 4. The molecule has 154 valence electrons. The number of nitrogens with one attached hydrogen (secondary N) is 1. The van der Waals surface area contributed by atoms with Crippen molar-refractivity contribution >= 4 is 16.6 Å². The summed E-state index contributed by atoms with van der Waals surface area (Å²) in [5, 5.41) is 5.29. The molecule has 2 aromatic carbocycles. The van der Waals surface area contributed by atoms with Gasteiger partial charge in [-0.2, -0.15) is 0 Å². The summed E-state index contributed by atoms with van der Waals surface area (Å²) in [5.41, 5.74) is 4.50. The number of aromatic nitrogens is 4. The lowest BCUT2D eigenvalue weighted by molar-refractivity contribution is 0.394. The summed E-state index contributed by atoms with van der Waals surface area (Å²) in [5.74, 6) is 1.89. The van der Waals surface area contributed by atoms with Gasteiger partial charge in [-0.15, -0.1) is 5.10 Å². The Morgan fingerprint density at radius 1 is 0.935 bits per heavy atom. The number of benzene rings is 2. The van der Waals surface area contributed by atoms with Gasteiger partial charge in [0.15, 0.2) is 16.9 Å². The summed E-state index contributed by atoms with van der Waals surface area (Å²) in [7, 11) is 3.25. The molecule has 5 aromatic rings. The number of hydrogen-bond donors (Lipinski definition) is 1. The Labute approximate surface area is 177 Å². The van der Waals surface area contributed by atoms with E-state index in [0.717, 1.165) is 16.6 Å². The quantitative estimate of drug-likeness (QED) is 0.478. The first-order valence-electron chi connectivity index (χ1n) is 9.79. The van der Waals surface area contributed by atoms with Gasteiger partial charge in [0.1, 0.15) is 11.5 Å².